The number of hydrogen-bond donors (Lipinski definition) is 1. The molecule has 1 aromatic carbocycles. The van der Waals surface area contributed by atoms with Crippen molar-refractivity contribution in [2.24, 2.45) is 0 Å². The molecule has 1 aliphatic heterocycles. The van der Waals surface area contributed by atoms with Gasteiger partial charge in [-0.3, -0.25) is 10.1 Å². The van der Waals surface area contributed by atoms with Gasteiger partial charge in [0.05, 0.1) is 9.40 Å². The Balaban J connectivity index is 2.29. The van der Waals surface area contributed by atoms with Crippen molar-refractivity contribution >= 4 is 39.1 Å². The fourth-order valence-corrected chi connectivity index (χ4v) is 3.15. The fraction of sp³-hybridized carbons (Fsp3) is 0.400. The highest BCUT2D eigenvalue weighted by Crippen LogP contribution is 2.32. The maximum Gasteiger partial charge on any atom is 0.293 e. The van der Waals surface area contributed by atoms with Crippen LogP contribution in [0.15, 0.2) is 16.6 Å². The quantitative estimate of drug-likeness (QED) is 0.685. The van der Waals surface area contributed by atoms with Crippen molar-refractivity contribution in [1.29, 1.82) is 0 Å². The first-order valence-electron chi connectivity index (χ1n) is 5.05. The highest BCUT2D eigenvalue weighted by atomic mass is 79.9. The van der Waals surface area contributed by atoms with E-state index >= 15 is 0 Å². The van der Waals surface area contributed by atoms with Crippen LogP contribution in [-0.4, -0.2) is 22.5 Å². The van der Waals surface area contributed by atoms with E-state index in [1.807, 2.05) is 0 Å². The van der Waals surface area contributed by atoms with E-state index in [-0.39, 0.29) is 21.9 Å². The van der Waals surface area contributed by atoms with Crippen LogP contribution in [0.3, 0.4) is 0 Å². The zero-order chi connectivity index (χ0) is 12.4. The largest absolute Gasteiger partial charge is 0.376 e. The van der Waals surface area contributed by atoms with Crippen molar-refractivity contribution in [3.05, 3.63) is 32.5 Å². The minimum Gasteiger partial charge on any atom is -0.376 e. The molecule has 0 amide bonds. The van der Waals surface area contributed by atoms with Crippen molar-refractivity contribution < 1.29 is 9.31 Å². The summed E-state index contributed by atoms with van der Waals surface area (Å²) in [6, 6.07) is 2.55. The summed E-state index contributed by atoms with van der Waals surface area (Å²) in [7, 11) is 0. The fourth-order valence-electron chi connectivity index (χ4n) is 1.67. The van der Waals surface area contributed by atoms with E-state index in [9.17, 15) is 14.5 Å². The molecule has 1 unspecified atom stereocenters. The van der Waals surface area contributed by atoms with Crippen LogP contribution >= 0.6 is 27.7 Å². The highest BCUT2D eigenvalue weighted by molar-refractivity contribution is 9.10. The third kappa shape index (κ3) is 2.90. The minimum atomic E-state index is -0.505. The van der Waals surface area contributed by atoms with Crippen molar-refractivity contribution in [3.63, 3.8) is 0 Å². The van der Waals surface area contributed by atoms with Crippen LogP contribution in [0.5, 0.6) is 0 Å². The molecule has 7 heteroatoms. The lowest BCUT2D eigenvalue weighted by Crippen LogP contribution is -2.19. The standard InChI is InChI=1S/C10H10BrFN2O2S/c11-7-3-10(14(15)16)9(4-8(7)12)13-6-1-2-17-5-6/h3-4,6,13H,1-2,5H2. The summed E-state index contributed by atoms with van der Waals surface area (Å²) in [5.74, 6) is 1.43. The second kappa shape index (κ2) is 5.22. The molecule has 1 saturated heterocycles. The topological polar surface area (TPSA) is 55.2 Å². The van der Waals surface area contributed by atoms with Gasteiger partial charge in [0.25, 0.3) is 5.69 Å². The Hall–Kier alpha value is -0.820. The number of nitro benzene ring substituents is 1. The van der Waals surface area contributed by atoms with Crippen LogP contribution in [0.2, 0.25) is 0 Å². The first-order chi connectivity index (χ1) is 8.08. The number of benzene rings is 1. The Labute approximate surface area is 110 Å². The van der Waals surface area contributed by atoms with Gasteiger partial charge < -0.3 is 5.32 Å². The first-order valence-corrected chi connectivity index (χ1v) is 7.00. The lowest BCUT2D eigenvalue weighted by Gasteiger charge is -2.13. The molecule has 1 aromatic rings. The molecular formula is C10H10BrFN2O2S. The first kappa shape index (κ1) is 12.6. The normalized spacial score (nSPS) is 19.3. The predicted molar refractivity (Wildman–Crippen MR) is 70.1 cm³/mol. The number of thioether (sulfide) groups is 1. The third-order valence-electron chi connectivity index (χ3n) is 2.52. The summed E-state index contributed by atoms with van der Waals surface area (Å²) in [4.78, 5) is 10.4. The van der Waals surface area contributed by atoms with Gasteiger partial charge in [-0.1, -0.05) is 0 Å². The second-order valence-electron chi connectivity index (χ2n) is 3.75. The molecule has 0 aromatic heterocycles. The molecule has 1 fully saturated rings. The van der Waals surface area contributed by atoms with Gasteiger partial charge in [-0.05, 0) is 28.1 Å². The molecule has 2 rings (SSSR count). The number of rotatable bonds is 3. The number of nitro groups is 1. The van der Waals surface area contributed by atoms with Crippen molar-refractivity contribution in [2.75, 3.05) is 16.8 Å². The molecular weight excluding hydrogens is 311 g/mol. The highest BCUT2D eigenvalue weighted by Gasteiger charge is 2.22. The van der Waals surface area contributed by atoms with Crippen LogP contribution in [0.4, 0.5) is 15.8 Å². The van der Waals surface area contributed by atoms with Crippen molar-refractivity contribution in [1.82, 2.24) is 0 Å². The number of nitrogens with zero attached hydrogens (tertiary/aromatic N) is 1. The van der Waals surface area contributed by atoms with Crippen LogP contribution in [-0.2, 0) is 0 Å². The van der Waals surface area contributed by atoms with Gasteiger partial charge in [0.1, 0.15) is 11.5 Å². The Morgan fingerprint density at radius 1 is 1.59 bits per heavy atom. The van der Waals surface area contributed by atoms with E-state index in [1.165, 1.54) is 12.1 Å². The van der Waals surface area contributed by atoms with Gasteiger partial charge in [-0.25, -0.2) is 4.39 Å². The summed E-state index contributed by atoms with van der Waals surface area (Å²) in [5.41, 5.74) is 0.151. The zero-order valence-electron chi connectivity index (χ0n) is 8.78. The lowest BCUT2D eigenvalue weighted by molar-refractivity contribution is -0.384. The molecule has 0 saturated carbocycles. The molecule has 4 nitrogen and oxygen atoms in total. The maximum atomic E-state index is 13.4. The summed E-state index contributed by atoms with van der Waals surface area (Å²) in [6.07, 6.45) is 0.944. The van der Waals surface area contributed by atoms with E-state index in [1.54, 1.807) is 11.8 Å². The van der Waals surface area contributed by atoms with E-state index < -0.39 is 10.7 Å². The van der Waals surface area contributed by atoms with Gasteiger partial charge in [0.2, 0.25) is 0 Å². The Kier molecular flexibility index (Phi) is 3.88. The zero-order valence-corrected chi connectivity index (χ0v) is 11.2. The van der Waals surface area contributed by atoms with Gasteiger partial charge in [0, 0.05) is 23.9 Å². The summed E-state index contributed by atoms with van der Waals surface area (Å²) >= 11 is 4.74. The van der Waals surface area contributed by atoms with Crippen LogP contribution in [0, 0.1) is 15.9 Å². The maximum absolute atomic E-state index is 13.4. The molecule has 92 valence electrons. The van der Waals surface area contributed by atoms with Crippen LogP contribution in [0.25, 0.3) is 0 Å². The van der Waals surface area contributed by atoms with Crippen molar-refractivity contribution in [3.8, 4) is 0 Å². The SMILES string of the molecule is O=[N+]([O-])c1cc(Br)c(F)cc1NC1CCSC1. The smallest absolute Gasteiger partial charge is 0.293 e. The van der Waals surface area contributed by atoms with E-state index in [4.69, 9.17) is 0 Å². The van der Waals surface area contributed by atoms with E-state index in [0.29, 0.717) is 0 Å². The molecule has 1 heterocycles. The number of anilines is 1. The van der Waals surface area contributed by atoms with Gasteiger partial charge in [-0.2, -0.15) is 11.8 Å². The molecule has 1 atom stereocenters. The summed E-state index contributed by atoms with van der Waals surface area (Å²) in [5, 5.41) is 13.9. The van der Waals surface area contributed by atoms with Crippen LogP contribution in [0.1, 0.15) is 6.42 Å². The Morgan fingerprint density at radius 2 is 2.35 bits per heavy atom. The average molecular weight is 321 g/mol. The van der Waals surface area contributed by atoms with Crippen LogP contribution < -0.4 is 5.32 Å². The second-order valence-corrected chi connectivity index (χ2v) is 5.75. The average Bonchev–Trinajstić information content (AvgIpc) is 2.75. The molecule has 0 radical (unpaired) electrons. The molecule has 0 spiro atoms. The summed E-state index contributed by atoms with van der Waals surface area (Å²) in [6.45, 7) is 0. The summed E-state index contributed by atoms with van der Waals surface area (Å²) < 4.78 is 13.5. The molecule has 0 aliphatic carbocycles. The number of hydrogen-bond acceptors (Lipinski definition) is 4. The Bertz CT molecular complexity index is 452. The number of halogens is 2. The van der Waals surface area contributed by atoms with Gasteiger partial charge >= 0.3 is 0 Å². The van der Waals surface area contributed by atoms with Crippen molar-refractivity contribution in [2.45, 2.75) is 12.5 Å². The van der Waals surface area contributed by atoms with Gasteiger partial charge in [-0.15, -0.1) is 0 Å². The van der Waals surface area contributed by atoms with E-state index in [0.717, 1.165) is 17.9 Å². The Morgan fingerprint density at radius 3 is 2.94 bits per heavy atom. The lowest BCUT2D eigenvalue weighted by atomic mass is 10.2. The number of nitrogens with one attached hydrogen (secondary N) is 1. The molecule has 17 heavy (non-hydrogen) atoms. The molecule has 0 bridgehead atoms. The minimum absolute atomic E-state index is 0.102. The third-order valence-corrected chi connectivity index (χ3v) is 4.29. The monoisotopic (exact) mass is 320 g/mol. The molecule has 1 aliphatic rings. The van der Waals surface area contributed by atoms with Gasteiger partial charge in [0.15, 0.2) is 0 Å². The van der Waals surface area contributed by atoms with E-state index in [2.05, 4.69) is 21.2 Å². The molecule has 1 N–H and O–H groups in total. The predicted octanol–water partition coefficient (Wildman–Crippen LogP) is 3.41.